The van der Waals surface area contributed by atoms with Crippen LogP contribution in [0.5, 0.6) is 0 Å². The minimum Gasteiger partial charge on any atom is -0.365 e. The molecule has 2 aliphatic rings. The van der Waals surface area contributed by atoms with Crippen LogP contribution in [0.2, 0.25) is 0 Å². The highest BCUT2D eigenvalue weighted by Crippen LogP contribution is 2.28. The molecule has 0 aromatic heterocycles. The number of thiocarbonyl (C=S) groups is 1. The van der Waals surface area contributed by atoms with Gasteiger partial charge in [-0.1, -0.05) is 38.5 Å². The van der Waals surface area contributed by atoms with Crippen LogP contribution in [-0.4, -0.2) is 29.3 Å². The van der Waals surface area contributed by atoms with Crippen molar-refractivity contribution < 1.29 is 0 Å². The lowest BCUT2D eigenvalue weighted by Gasteiger charge is -2.41. The van der Waals surface area contributed by atoms with E-state index in [1.807, 2.05) is 7.05 Å². The Kier molecular flexibility index (Phi) is 5.70. The summed E-state index contributed by atoms with van der Waals surface area (Å²) in [4.78, 5) is 0. The molecule has 2 saturated carbocycles. The third-order valence-electron chi connectivity index (χ3n) is 4.39. The molecule has 0 aromatic carbocycles. The molecule has 0 amide bonds. The molecule has 0 aromatic rings. The summed E-state index contributed by atoms with van der Waals surface area (Å²) < 4.78 is 0. The molecule has 0 atom stereocenters. The average molecular weight is 269 g/mol. The summed E-state index contributed by atoms with van der Waals surface area (Å²) in [6.07, 6.45) is 13.6. The molecule has 0 spiro atoms. The first kappa shape index (κ1) is 14.1. The maximum absolute atomic E-state index is 5.31. The van der Waals surface area contributed by atoms with Crippen LogP contribution in [0, 0.1) is 0 Å². The highest BCUT2D eigenvalue weighted by Gasteiger charge is 2.29. The van der Waals surface area contributed by atoms with E-state index in [4.69, 9.17) is 12.2 Å². The molecule has 0 unspecified atom stereocenters. The summed E-state index contributed by atoms with van der Waals surface area (Å²) in [5, 5.41) is 6.32. The Morgan fingerprint density at radius 3 is 1.72 bits per heavy atom. The van der Waals surface area contributed by atoms with Crippen molar-refractivity contribution >= 4 is 17.3 Å². The first-order valence-electron chi connectivity index (χ1n) is 7.58. The largest absolute Gasteiger partial charge is 0.365 e. The Hall–Kier alpha value is -0.350. The first-order valence-corrected chi connectivity index (χ1v) is 7.99. The lowest BCUT2D eigenvalue weighted by Crippen LogP contribution is -2.56. The van der Waals surface area contributed by atoms with Gasteiger partial charge < -0.3 is 5.32 Å². The van der Waals surface area contributed by atoms with Crippen molar-refractivity contribution in [2.45, 2.75) is 76.3 Å². The highest BCUT2D eigenvalue weighted by molar-refractivity contribution is 7.80. The fourth-order valence-electron chi connectivity index (χ4n) is 3.37. The highest BCUT2D eigenvalue weighted by atomic mass is 32.1. The van der Waals surface area contributed by atoms with Gasteiger partial charge in [-0.2, -0.15) is 0 Å². The van der Waals surface area contributed by atoms with Crippen molar-refractivity contribution in [3.8, 4) is 0 Å². The molecule has 2 rings (SSSR count). The van der Waals surface area contributed by atoms with Crippen molar-refractivity contribution in [3.05, 3.63) is 0 Å². The molecule has 0 aliphatic heterocycles. The molecular weight excluding hydrogens is 242 g/mol. The van der Waals surface area contributed by atoms with Gasteiger partial charge in [0.05, 0.1) is 0 Å². The van der Waals surface area contributed by atoms with Gasteiger partial charge in [-0.15, -0.1) is 0 Å². The molecule has 0 saturated heterocycles. The number of rotatable bonds is 3. The third kappa shape index (κ3) is 3.82. The fraction of sp³-hybridized carbons (Fsp3) is 0.929. The van der Waals surface area contributed by atoms with E-state index >= 15 is 0 Å². The minimum atomic E-state index is 0.688. The molecule has 2 aliphatic carbocycles. The van der Waals surface area contributed by atoms with Gasteiger partial charge in [-0.3, -0.25) is 5.43 Å². The lowest BCUT2D eigenvalue weighted by molar-refractivity contribution is 0.0537. The number of hydrogen-bond acceptors (Lipinski definition) is 2. The van der Waals surface area contributed by atoms with E-state index in [0.29, 0.717) is 12.1 Å². The van der Waals surface area contributed by atoms with Gasteiger partial charge in [-0.25, -0.2) is 5.01 Å². The monoisotopic (exact) mass is 269 g/mol. The van der Waals surface area contributed by atoms with Gasteiger partial charge in [0.25, 0.3) is 0 Å². The van der Waals surface area contributed by atoms with E-state index in [9.17, 15) is 0 Å². The van der Waals surface area contributed by atoms with Crippen molar-refractivity contribution in [1.82, 2.24) is 15.8 Å². The molecule has 18 heavy (non-hydrogen) atoms. The predicted octanol–water partition coefficient (Wildman–Crippen LogP) is 2.96. The van der Waals surface area contributed by atoms with E-state index < -0.39 is 0 Å². The zero-order chi connectivity index (χ0) is 12.8. The molecule has 2 N–H and O–H groups in total. The standard InChI is InChI=1S/C14H27N3S/c1-15-14(18)16-17(12-8-4-2-5-9-12)13-10-6-3-7-11-13/h12-13H,2-11H2,1H3,(H2,15,16,18). The zero-order valence-corrected chi connectivity index (χ0v) is 12.4. The topological polar surface area (TPSA) is 27.3 Å². The van der Waals surface area contributed by atoms with Crippen LogP contribution in [0.25, 0.3) is 0 Å². The van der Waals surface area contributed by atoms with Crippen LogP contribution in [0.3, 0.4) is 0 Å². The second-order valence-electron chi connectivity index (χ2n) is 5.68. The number of nitrogens with zero attached hydrogens (tertiary/aromatic N) is 1. The summed E-state index contributed by atoms with van der Waals surface area (Å²) in [5.74, 6) is 0. The van der Waals surface area contributed by atoms with Crippen LogP contribution in [0.1, 0.15) is 64.2 Å². The number of hydrogen-bond donors (Lipinski definition) is 2. The zero-order valence-electron chi connectivity index (χ0n) is 11.6. The van der Waals surface area contributed by atoms with Crippen molar-refractivity contribution in [2.75, 3.05) is 7.05 Å². The number of nitrogens with one attached hydrogen (secondary N) is 2. The second kappa shape index (κ2) is 7.29. The van der Waals surface area contributed by atoms with Crippen LogP contribution >= 0.6 is 12.2 Å². The molecule has 0 bridgehead atoms. The Morgan fingerprint density at radius 2 is 1.33 bits per heavy atom. The van der Waals surface area contributed by atoms with Gasteiger partial charge in [-0.05, 0) is 37.9 Å². The Bertz CT molecular complexity index is 240. The maximum atomic E-state index is 5.31. The van der Waals surface area contributed by atoms with Crippen LogP contribution < -0.4 is 10.7 Å². The van der Waals surface area contributed by atoms with E-state index in [-0.39, 0.29) is 0 Å². The minimum absolute atomic E-state index is 0.688. The van der Waals surface area contributed by atoms with E-state index in [0.717, 1.165) is 5.11 Å². The van der Waals surface area contributed by atoms with Crippen molar-refractivity contribution in [3.63, 3.8) is 0 Å². The summed E-state index contributed by atoms with van der Waals surface area (Å²) >= 11 is 5.31. The Balaban J connectivity index is 1.97. The van der Waals surface area contributed by atoms with E-state index in [1.54, 1.807) is 0 Å². The Labute approximate surface area is 117 Å². The van der Waals surface area contributed by atoms with Crippen molar-refractivity contribution in [1.29, 1.82) is 0 Å². The first-order chi connectivity index (χ1) is 8.81. The van der Waals surface area contributed by atoms with Gasteiger partial charge >= 0.3 is 0 Å². The van der Waals surface area contributed by atoms with E-state index in [2.05, 4.69) is 15.8 Å². The molecule has 0 heterocycles. The second-order valence-corrected chi connectivity index (χ2v) is 6.09. The summed E-state index contributed by atoms with van der Waals surface area (Å²) in [6, 6.07) is 1.38. The summed E-state index contributed by atoms with van der Waals surface area (Å²) in [6.45, 7) is 0. The lowest BCUT2D eigenvalue weighted by atomic mass is 9.90. The van der Waals surface area contributed by atoms with Crippen molar-refractivity contribution in [2.24, 2.45) is 0 Å². The van der Waals surface area contributed by atoms with E-state index in [1.165, 1.54) is 64.2 Å². The van der Waals surface area contributed by atoms with Gasteiger partial charge in [0.1, 0.15) is 0 Å². The van der Waals surface area contributed by atoms with Gasteiger partial charge in [0.15, 0.2) is 5.11 Å². The molecule has 104 valence electrons. The SMILES string of the molecule is CNC(=S)NN(C1CCCCC1)C1CCCCC1. The van der Waals surface area contributed by atoms with Crippen LogP contribution in [0.4, 0.5) is 0 Å². The smallest absolute Gasteiger partial charge is 0.180 e. The summed E-state index contributed by atoms with van der Waals surface area (Å²) in [7, 11) is 1.90. The quantitative estimate of drug-likeness (QED) is 0.608. The molecule has 4 heteroatoms. The average Bonchev–Trinajstić information content (AvgIpc) is 2.46. The summed E-state index contributed by atoms with van der Waals surface area (Å²) in [5.41, 5.74) is 3.46. The predicted molar refractivity (Wildman–Crippen MR) is 80.4 cm³/mol. The molecular formula is C14H27N3S. The maximum Gasteiger partial charge on any atom is 0.180 e. The number of hydrazine groups is 1. The Morgan fingerprint density at radius 1 is 0.889 bits per heavy atom. The van der Waals surface area contributed by atoms with Crippen LogP contribution in [-0.2, 0) is 0 Å². The molecule has 2 fully saturated rings. The van der Waals surface area contributed by atoms with Gasteiger partial charge in [0.2, 0.25) is 0 Å². The molecule has 0 radical (unpaired) electrons. The molecule has 3 nitrogen and oxygen atoms in total. The van der Waals surface area contributed by atoms with Gasteiger partial charge in [0, 0.05) is 19.1 Å². The normalized spacial score (nSPS) is 23.0. The fourth-order valence-corrected chi connectivity index (χ4v) is 3.48. The van der Waals surface area contributed by atoms with Crippen LogP contribution in [0.15, 0.2) is 0 Å². The third-order valence-corrected chi connectivity index (χ3v) is 4.69.